The smallest absolute Gasteiger partial charge is 0.0791 e. The van der Waals surface area contributed by atoms with Gasteiger partial charge in [-0.1, -0.05) is 44.2 Å². The summed E-state index contributed by atoms with van der Waals surface area (Å²) >= 11 is 0. The van der Waals surface area contributed by atoms with Crippen LogP contribution in [0.2, 0.25) is 0 Å². The van der Waals surface area contributed by atoms with Crippen LogP contribution in [-0.2, 0) is 0 Å². The van der Waals surface area contributed by atoms with E-state index in [0.717, 1.165) is 6.42 Å². The zero-order valence-corrected chi connectivity index (χ0v) is 13.1. The molecule has 3 nitrogen and oxygen atoms in total. The summed E-state index contributed by atoms with van der Waals surface area (Å²) in [4.78, 5) is 2.02. The molecule has 0 aromatic heterocycles. The van der Waals surface area contributed by atoms with Crippen molar-refractivity contribution in [1.82, 2.24) is 10.2 Å². The molecule has 0 amide bonds. The molecule has 0 saturated heterocycles. The Labute approximate surface area is 123 Å². The Hall–Kier alpha value is -0.900. The average molecular weight is 276 g/mol. The number of rotatable bonds is 6. The van der Waals surface area contributed by atoms with Gasteiger partial charge in [-0.15, -0.1) is 0 Å². The first-order valence-electron chi connectivity index (χ1n) is 7.52. The maximum atomic E-state index is 9.94. The fraction of sp³-hybridized carbons (Fsp3) is 0.647. The highest BCUT2D eigenvalue weighted by Crippen LogP contribution is 2.52. The Morgan fingerprint density at radius 3 is 2.50 bits per heavy atom. The molecule has 2 rings (SSSR count). The summed E-state index contributed by atoms with van der Waals surface area (Å²) in [5.74, 6) is 0.618. The van der Waals surface area contributed by atoms with Crippen LogP contribution in [0.5, 0.6) is 0 Å². The van der Waals surface area contributed by atoms with Crippen molar-refractivity contribution in [1.29, 1.82) is 0 Å². The summed E-state index contributed by atoms with van der Waals surface area (Å²) in [6, 6.07) is 11.2. The Kier molecular flexibility index (Phi) is 4.84. The number of aliphatic hydroxyl groups excluding tert-OH is 1. The topological polar surface area (TPSA) is 35.5 Å². The lowest BCUT2D eigenvalue weighted by Crippen LogP contribution is -2.57. The molecule has 0 aliphatic heterocycles. The average Bonchev–Trinajstić information content (AvgIpc) is 2.37. The first-order valence-corrected chi connectivity index (χ1v) is 7.52. The molecule has 3 heteroatoms. The van der Waals surface area contributed by atoms with E-state index in [1.54, 1.807) is 0 Å². The van der Waals surface area contributed by atoms with E-state index in [4.69, 9.17) is 0 Å². The molecule has 0 bridgehead atoms. The van der Waals surface area contributed by atoms with Crippen molar-refractivity contribution in [2.75, 3.05) is 27.2 Å². The van der Waals surface area contributed by atoms with E-state index in [9.17, 15) is 5.11 Å². The molecular formula is C17H28N2O. The van der Waals surface area contributed by atoms with Gasteiger partial charge in [-0.05, 0) is 37.4 Å². The number of hydrogen-bond acceptors (Lipinski definition) is 3. The second-order valence-corrected chi connectivity index (χ2v) is 6.90. The third-order valence-corrected chi connectivity index (χ3v) is 4.65. The van der Waals surface area contributed by atoms with Crippen LogP contribution in [0, 0.1) is 5.41 Å². The number of nitrogens with zero attached hydrogens (tertiary/aromatic N) is 1. The van der Waals surface area contributed by atoms with Crippen molar-refractivity contribution in [2.45, 2.75) is 38.3 Å². The van der Waals surface area contributed by atoms with E-state index in [2.05, 4.69) is 49.5 Å². The van der Waals surface area contributed by atoms with Gasteiger partial charge in [0.1, 0.15) is 0 Å². The maximum Gasteiger partial charge on any atom is 0.0791 e. The molecule has 1 saturated carbocycles. The van der Waals surface area contributed by atoms with E-state index in [1.165, 1.54) is 5.56 Å². The normalized spacial score (nSPS) is 26.3. The first-order chi connectivity index (χ1) is 9.41. The molecule has 0 spiro atoms. The highest BCUT2D eigenvalue weighted by Gasteiger charge is 2.48. The molecule has 0 radical (unpaired) electrons. The van der Waals surface area contributed by atoms with Gasteiger partial charge in [0, 0.05) is 19.1 Å². The van der Waals surface area contributed by atoms with E-state index < -0.39 is 0 Å². The summed E-state index contributed by atoms with van der Waals surface area (Å²) in [5.41, 5.74) is 1.68. The predicted octanol–water partition coefficient (Wildman–Crippen LogP) is 2.08. The Bertz CT molecular complexity index is 416. The Balaban J connectivity index is 1.85. The number of hydrogen-bond donors (Lipinski definition) is 2. The third-order valence-electron chi connectivity index (χ3n) is 4.65. The number of likely N-dealkylation sites (N-methyl/N-ethyl adjacent to an activating group) is 1. The van der Waals surface area contributed by atoms with Gasteiger partial charge in [-0.3, -0.25) is 0 Å². The van der Waals surface area contributed by atoms with E-state index in [-0.39, 0.29) is 11.5 Å². The van der Waals surface area contributed by atoms with Crippen LogP contribution in [0.15, 0.2) is 30.3 Å². The molecule has 0 heterocycles. The molecule has 1 aromatic carbocycles. The van der Waals surface area contributed by atoms with Crippen LogP contribution in [0.3, 0.4) is 0 Å². The monoisotopic (exact) mass is 276 g/mol. The maximum absolute atomic E-state index is 9.94. The second kappa shape index (κ2) is 6.25. The molecule has 1 aliphatic carbocycles. The Morgan fingerprint density at radius 1 is 1.30 bits per heavy atom. The molecule has 2 N–H and O–H groups in total. The van der Waals surface area contributed by atoms with Gasteiger partial charge in [0.2, 0.25) is 0 Å². The van der Waals surface area contributed by atoms with Gasteiger partial charge in [-0.2, -0.15) is 0 Å². The zero-order valence-electron chi connectivity index (χ0n) is 13.1. The molecule has 1 fully saturated rings. The lowest BCUT2D eigenvalue weighted by atomic mass is 9.56. The summed E-state index contributed by atoms with van der Waals surface area (Å²) in [5, 5.41) is 13.5. The van der Waals surface area contributed by atoms with Crippen molar-refractivity contribution in [2.24, 2.45) is 5.41 Å². The van der Waals surface area contributed by atoms with Gasteiger partial charge < -0.3 is 15.3 Å². The Morgan fingerprint density at radius 2 is 1.95 bits per heavy atom. The van der Waals surface area contributed by atoms with Crippen LogP contribution in [0.1, 0.15) is 31.7 Å². The molecule has 1 aliphatic rings. The van der Waals surface area contributed by atoms with Crippen LogP contribution < -0.4 is 5.32 Å². The van der Waals surface area contributed by atoms with Crippen LogP contribution in [-0.4, -0.2) is 49.3 Å². The van der Waals surface area contributed by atoms with Gasteiger partial charge in [0.05, 0.1) is 6.10 Å². The van der Waals surface area contributed by atoms with Gasteiger partial charge in [0.25, 0.3) is 0 Å². The SMILES string of the molecule is CN(C)CC(O)CNC1CC(c2ccccc2)C1(C)C. The van der Waals surface area contributed by atoms with E-state index >= 15 is 0 Å². The molecule has 3 atom stereocenters. The summed E-state index contributed by atoms with van der Waals surface area (Å²) in [6.45, 7) is 6.03. The van der Waals surface area contributed by atoms with Gasteiger partial charge >= 0.3 is 0 Å². The molecule has 112 valence electrons. The minimum atomic E-state index is -0.295. The standard InChI is InChI=1S/C17H28N2O/c1-17(2)15(13-8-6-5-7-9-13)10-16(17)18-11-14(20)12-19(3)4/h5-9,14-16,18,20H,10-12H2,1-4H3. The highest BCUT2D eigenvalue weighted by molar-refractivity contribution is 5.27. The van der Waals surface area contributed by atoms with Crippen LogP contribution >= 0.6 is 0 Å². The van der Waals surface area contributed by atoms with Crippen LogP contribution in [0.25, 0.3) is 0 Å². The molecule has 20 heavy (non-hydrogen) atoms. The third kappa shape index (κ3) is 3.40. The summed E-state index contributed by atoms with van der Waals surface area (Å²) < 4.78 is 0. The van der Waals surface area contributed by atoms with Crippen molar-refractivity contribution in [3.05, 3.63) is 35.9 Å². The number of aliphatic hydroxyl groups is 1. The van der Waals surface area contributed by atoms with Crippen molar-refractivity contribution in [3.63, 3.8) is 0 Å². The first kappa shape index (κ1) is 15.5. The molecule has 1 aromatic rings. The minimum Gasteiger partial charge on any atom is -0.390 e. The predicted molar refractivity (Wildman–Crippen MR) is 83.9 cm³/mol. The van der Waals surface area contributed by atoms with E-state index in [0.29, 0.717) is 25.0 Å². The lowest BCUT2D eigenvalue weighted by Gasteiger charge is -2.53. The van der Waals surface area contributed by atoms with Gasteiger partial charge in [-0.25, -0.2) is 0 Å². The largest absolute Gasteiger partial charge is 0.390 e. The van der Waals surface area contributed by atoms with E-state index in [1.807, 2.05) is 19.0 Å². The number of nitrogens with one attached hydrogen (secondary N) is 1. The van der Waals surface area contributed by atoms with Crippen molar-refractivity contribution in [3.8, 4) is 0 Å². The van der Waals surface area contributed by atoms with Gasteiger partial charge in [0.15, 0.2) is 0 Å². The fourth-order valence-corrected chi connectivity index (χ4v) is 3.29. The van der Waals surface area contributed by atoms with Crippen molar-refractivity contribution < 1.29 is 5.11 Å². The van der Waals surface area contributed by atoms with Crippen LogP contribution in [0.4, 0.5) is 0 Å². The fourth-order valence-electron chi connectivity index (χ4n) is 3.29. The highest BCUT2D eigenvalue weighted by atomic mass is 16.3. The summed E-state index contributed by atoms with van der Waals surface area (Å²) in [7, 11) is 3.98. The number of benzene rings is 1. The minimum absolute atomic E-state index is 0.249. The quantitative estimate of drug-likeness (QED) is 0.835. The van der Waals surface area contributed by atoms with Crippen molar-refractivity contribution >= 4 is 0 Å². The zero-order chi connectivity index (χ0) is 14.8. The second-order valence-electron chi connectivity index (χ2n) is 6.90. The summed E-state index contributed by atoms with van der Waals surface area (Å²) in [6.07, 6.45) is 0.864. The molecular weight excluding hydrogens is 248 g/mol. The lowest BCUT2D eigenvalue weighted by molar-refractivity contribution is 0.0513. The molecule has 3 unspecified atom stereocenters.